The van der Waals surface area contributed by atoms with Gasteiger partial charge in [-0.1, -0.05) is 35.5 Å². The number of amides is 1. The third kappa shape index (κ3) is 3.51. The lowest BCUT2D eigenvalue weighted by Crippen LogP contribution is -2.44. The normalized spacial score (nSPS) is 18.2. The average Bonchev–Trinajstić information content (AvgIpc) is 3.35. The summed E-state index contributed by atoms with van der Waals surface area (Å²) in [5.41, 5.74) is 3.85. The molecule has 1 N–H and O–H groups in total. The second-order valence-corrected chi connectivity index (χ2v) is 8.09. The summed E-state index contributed by atoms with van der Waals surface area (Å²) in [7, 11) is 0. The van der Waals surface area contributed by atoms with E-state index in [0.29, 0.717) is 22.4 Å². The van der Waals surface area contributed by atoms with Gasteiger partial charge >= 0.3 is 0 Å². The molecule has 6 nitrogen and oxygen atoms in total. The number of halogens is 1. The van der Waals surface area contributed by atoms with E-state index in [0.717, 1.165) is 55.7 Å². The van der Waals surface area contributed by atoms with Crippen LogP contribution in [0.5, 0.6) is 0 Å². The van der Waals surface area contributed by atoms with E-state index < -0.39 is 0 Å². The second kappa shape index (κ2) is 7.76. The Morgan fingerprint density at radius 1 is 1.17 bits per heavy atom. The minimum Gasteiger partial charge on any atom is -0.339 e. The lowest BCUT2D eigenvalue weighted by Gasteiger charge is -2.39. The van der Waals surface area contributed by atoms with Gasteiger partial charge in [-0.15, -0.1) is 12.4 Å². The predicted octanol–water partition coefficient (Wildman–Crippen LogP) is 3.84. The Morgan fingerprint density at radius 3 is 2.62 bits per heavy atom. The van der Waals surface area contributed by atoms with E-state index in [1.165, 1.54) is 6.42 Å². The van der Waals surface area contributed by atoms with Gasteiger partial charge in [0.2, 0.25) is 0 Å². The molecule has 1 amide bonds. The van der Waals surface area contributed by atoms with Crippen molar-refractivity contribution in [2.75, 3.05) is 26.2 Å². The first-order chi connectivity index (χ1) is 13.7. The molecule has 0 saturated carbocycles. The summed E-state index contributed by atoms with van der Waals surface area (Å²) in [6, 6.07) is 11.8. The minimum absolute atomic E-state index is 0. The number of likely N-dealkylation sites (tertiary alicyclic amines) is 1. The number of aryl methyl sites for hydroxylation is 1. The van der Waals surface area contributed by atoms with Gasteiger partial charge in [-0.3, -0.25) is 4.79 Å². The number of benzene rings is 1. The molecule has 2 fully saturated rings. The van der Waals surface area contributed by atoms with Gasteiger partial charge in [0.15, 0.2) is 0 Å². The highest BCUT2D eigenvalue weighted by Gasteiger charge is 2.38. The number of hydrogen-bond acceptors (Lipinski definition) is 5. The topological polar surface area (TPSA) is 71.3 Å². The number of carbonyl (C=O) groups excluding carboxylic acids is 1. The van der Waals surface area contributed by atoms with Crippen molar-refractivity contribution in [2.24, 2.45) is 5.41 Å². The smallest absolute Gasteiger partial charge is 0.259 e. The lowest BCUT2D eigenvalue weighted by atomic mass is 9.77. The summed E-state index contributed by atoms with van der Waals surface area (Å²) in [4.78, 5) is 20.1. The van der Waals surface area contributed by atoms with Crippen molar-refractivity contribution >= 4 is 29.4 Å². The fourth-order valence-electron chi connectivity index (χ4n) is 4.60. The summed E-state index contributed by atoms with van der Waals surface area (Å²) in [5, 5.41) is 8.27. The number of hydrogen-bond donors (Lipinski definition) is 1. The average molecular weight is 413 g/mol. The number of pyridine rings is 1. The van der Waals surface area contributed by atoms with E-state index >= 15 is 0 Å². The molecule has 1 aromatic carbocycles. The van der Waals surface area contributed by atoms with Gasteiger partial charge in [0, 0.05) is 25.2 Å². The second-order valence-electron chi connectivity index (χ2n) is 8.09. The summed E-state index contributed by atoms with van der Waals surface area (Å²) < 4.78 is 5.43. The zero-order chi connectivity index (χ0) is 19.1. The van der Waals surface area contributed by atoms with Crippen LogP contribution in [0, 0.1) is 12.3 Å². The molecule has 0 aliphatic carbocycles. The molecular formula is C22H25ClN4O2. The third-order valence-corrected chi connectivity index (χ3v) is 6.36. The highest BCUT2D eigenvalue weighted by Crippen LogP contribution is 2.38. The van der Waals surface area contributed by atoms with Crippen LogP contribution in [-0.4, -0.2) is 47.1 Å². The van der Waals surface area contributed by atoms with E-state index in [1.54, 1.807) is 0 Å². The molecule has 2 aliphatic rings. The quantitative estimate of drug-likeness (QED) is 0.692. The zero-order valence-corrected chi connectivity index (χ0v) is 17.3. The number of rotatable bonds is 2. The zero-order valence-electron chi connectivity index (χ0n) is 16.5. The Labute approximate surface area is 176 Å². The first-order valence-corrected chi connectivity index (χ1v) is 9.98. The van der Waals surface area contributed by atoms with E-state index in [-0.39, 0.29) is 18.3 Å². The van der Waals surface area contributed by atoms with Crippen molar-refractivity contribution in [3.63, 3.8) is 0 Å². The van der Waals surface area contributed by atoms with E-state index in [4.69, 9.17) is 4.52 Å². The Kier molecular flexibility index (Phi) is 5.32. The third-order valence-electron chi connectivity index (χ3n) is 6.36. The van der Waals surface area contributed by atoms with Gasteiger partial charge in [-0.25, -0.2) is 4.98 Å². The van der Waals surface area contributed by atoms with Crippen molar-refractivity contribution in [1.82, 2.24) is 20.4 Å². The van der Waals surface area contributed by atoms with Gasteiger partial charge in [-0.2, -0.15) is 0 Å². The van der Waals surface area contributed by atoms with Gasteiger partial charge in [-0.05, 0) is 44.2 Å². The lowest BCUT2D eigenvalue weighted by molar-refractivity contribution is 0.0609. The van der Waals surface area contributed by atoms with Gasteiger partial charge in [0.1, 0.15) is 0 Å². The molecule has 0 radical (unpaired) electrons. The van der Waals surface area contributed by atoms with Crippen molar-refractivity contribution in [3.05, 3.63) is 47.7 Å². The van der Waals surface area contributed by atoms with Crippen molar-refractivity contribution in [2.45, 2.75) is 26.2 Å². The molecule has 5 rings (SSSR count). The van der Waals surface area contributed by atoms with Crippen LogP contribution in [0.4, 0.5) is 0 Å². The molecule has 1 spiro atoms. The molecule has 0 unspecified atom stereocenters. The summed E-state index contributed by atoms with van der Waals surface area (Å²) >= 11 is 0. The maximum absolute atomic E-state index is 13.5. The van der Waals surface area contributed by atoms with E-state index in [9.17, 15) is 4.79 Å². The molecule has 7 heteroatoms. The molecule has 152 valence electrons. The monoisotopic (exact) mass is 412 g/mol. The Bertz CT molecular complexity index is 1020. The minimum atomic E-state index is 0. The summed E-state index contributed by atoms with van der Waals surface area (Å²) in [6.45, 7) is 5.64. The fraction of sp³-hybridized carbons (Fsp3) is 0.409. The van der Waals surface area contributed by atoms with Crippen molar-refractivity contribution < 1.29 is 9.32 Å². The highest BCUT2D eigenvalue weighted by atomic mass is 35.5. The first kappa shape index (κ1) is 19.9. The van der Waals surface area contributed by atoms with Crippen LogP contribution in [-0.2, 0) is 0 Å². The number of aromatic nitrogens is 2. The van der Waals surface area contributed by atoms with Crippen LogP contribution in [0.1, 0.15) is 35.3 Å². The molecule has 29 heavy (non-hydrogen) atoms. The van der Waals surface area contributed by atoms with Crippen LogP contribution < -0.4 is 5.32 Å². The van der Waals surface area contributed by atoms with Gasteiger partial charge in [0.05, 0.1) is 22.3 Å². The molecule has 3 aromatic rings. The fourth-order valence-corrected chi connectivity index (χ4v) is 4.60. The predicted molar refractivity (Wildman–Crippen MR) is 114 cm³/mol. The van der Waals surface area contributed by atoms with Crippen LogP contribution in [0.2, 0.25) is 0 Å². The number of nitrogens with zero attached hydrogens (tertiary/aromatic N) is 3. The number of nitrogens with one attached hydrogen (secondary N) is 1. The standard InChI is InChI=1S/C22H24N4O2.ClH/c1-15-19-17(21(27)26-11-8-22(9-12-26)7-10-23-14-22)13-18(24-20(19)28-25-15)16-5-3-2-4-6-16;/h2-6,13,23H,7-12,14H2,1H3;1H. The number of fused-ring (bicyclic) bond motifs is 1. The number of carbonyl (C=O) groups is 1. The van der Waals surface area contributed by atoms with Crippen LogP contribution in [0.25, 0.3) is 22.4 Å². The van der Waals surface area contributed by atoms with Crippen LogP contribution in [0.3, 0.4) is 0 Å². The maximum atomic E-state index is 13.5. The van der Waals surface area contributed by atoms with Crippen LogP contribution in [0.15, 0.2) is 40.9 Å². The molecule has 2 aromatic heterocycles. The van der Waals surface area contributed by atoms with E-state index in [2.05, 4.69) is 15.5 Å². The molecule has 0 bridgehead atoms. The first-order valence-electron chi connectivity index (χ1n) is 9.98. The molecule has 4 heterocycles. The summed E-state index contributed by atoms with van der Waals surface area (Å²) in [5.74, 6) is 0.0525. The van der Waals surface area contributed by atoms with Crippen molar-refractivity contribution in [1.29, 1.82) is 0 Å². The largest absolute Gasteiger partial charge is 0.339 e. The highest BCUT2D eigenvalue weighted by molar-refractivity contribution is 6.07. The Hall–Kier alpha value is -2.44. The summed E-state index contributed by atoms with van der Waals surface area (Å²) in [6.07, 6.45) is 3.35. The maximum Gasteiger partial charge on any atom is 0.259 e. The van der Waals surface area contributed by atoms with E-state index in [1.807, 2.05) is 48.2 Å². The molecule has 2 aliphatic heterocycles. The number of piperidine rings is 1. The molecule has 0 atom stereocenters. The van der Waals surface area contributed by atoms with Crippen LogP contribution >= 0.6 is 12.4 Å². The van der Waals surface area contributed by atoms with Gasteiger partial charge < -0.3 is 14.7 Å². The van der Waals surface area contributed by atoms with Gasteiger partial charge in [0.25, 0.3) is 11.6 Å². The SMILES string of the molecule is Cc1noc2nc(-c3ccccc3)cc(C(=O)N3CCC4(CCNC4)CC3)c12.Cl. The Morgan fingerprint density at radius 2 is 1.93 bits per heavy atom. The Balaban J connectivity index is 0.00000205. The van der Waals surface area contributed by atoms with Crippen molar-refractivity contribution in [3.8, 4) is 11.3 Å². The molecular weight excluding hydrogens is 388 g/mol. The molecule has 2 saturated heterocycles.